The molecule has 1 N–H and O–H groups in total. The summed E-state index contributed by atoms with van der Waals surface area (Å²) in [6, 6.07) is 0. The van der Waals surface area contributed by atoms with Gasteiger partial charge in [-0.1, -0.05) is 13.8 Å². The largest absolute Gasteiger partial charge is 0.477 e. The molecule has 10 heteroatoms. The number of halogens is 6. The first-order chi connectivity index (χ1) is 8.65. The molecule has 0 spiro atoms. The maximum atomic E-state index is 13.2. The number of carboxylic acids is 1. The van der Waals surface area contributed by atoms with Crippen molar-refractivity contribution in [1.29, 1.82) is 0 Å². The zero-order valence-electron chi connectivity index (χ0n) is 10.6. The highest BCUT2D eigenvalue weighted by Gasteiger charge is 2.62. The molecule has 0 saturated heterocycles. The van der Waals surface area contributed by atoms with Crippen molar-refractivity contribution in [2.75, 3.05) is 0 Å². The van der Waals surface area contributed by atoms with Crippen molar-refractivity contribution >= 4 is 11.9 Å². The monoisotopic (exact) mass is 310 g/mol. The van der Waals surface area contributed by atoms with E-state index < -0.39 is 41.7 Å². The van der Waals surface area contributed by atoms with Gasteiger partial charge in [-0.3, -0.25) is 0 Å². The van der Waals surface area contributed by atoms with Gasteiger partial charge in [0.25, 0.3) is 0 Å². The molecule has 118 valence electrons. The number of carboxylic acid groups (broad SMARTS) is 1. The standard InChI is InChI=1S/C10H12F6O4/c1-4(2)5(9(13,14)6(17)18)20-7(19)10(15,16)8(3,11)12/h4-5H,1-3H3,(H,17,18). The van der Waals surface area contributed by atoms with Crippen LogP contribution >= 0.6 is 0 Å². The van der Waals surface area contributed by atoms with Gasteiger partial charge in [0.1, 0.15) is 0 Å². The normalized spacial score (nSPS) is 15.1. The van der Waals surface area contributed by atoms with Gasteiger partial charge in [-0.05, 0) is 5.92 Å². The van der Waals surface area contributed by atoms with Gasteiger partial charge < -0.3 is 9.84 Å². The number of rotatable bonds is 6. The Morgan fingerprint density at radius 1 is 1.05 bits per heavy atom. The molecule has 0 rings (SSSR count). The summed E-state index contributed by atoms with van der Waals surface area (Å²) in [7, 11) is 0. The van der Waals surface area contributed by atoms with Crippen molar-refractivity contribution in [3.63, 3.8) is 0 Å². The van der Waals surface area contributed by atoms with E-state index in [4.69, 9.17) is 5.11 Å². The SMILES string of the molecule is CC(C)C(OC(=O)C(F)(F)C(C)(F)F)C(F)(F)C(=O)O. The summed E-state index contributed by atoms with van der Waals surface area (Å²) in [4.78, 5) is 21.2. The van der Waals surface area contributed by atoms with Crippen LogP contribution in [0.3, 0.4) is 0 Å². The number of carbonyl (C=O) groups is 2. The second kappa shape index (κ2) is 5.49. The smallest absolute Gasteiger partial charge is 0.404 e. The molecule has 0 fully saturated rings. The quantitative estimate of drug-likeness (QED) is 0.605. The molecule has 0 aliphatic heterocycles. The number of carbonyl (C=O) groups excluding carboxylic acids is 1. The summed E-state index contributed by atoms with van der Waals surface area (Å²) in [5.41, 5.74) is 0. The third-order valence-electron chi connectivity index (χ3n) is 2.29. The molecule has 0 aromatic carbocycles. The Morgan fingerprint density at radius 3 is 1.70 bits per heavy atom. The zero-order chi connectivity index (χ0) is 16.5. The number of hydrogen-bond donors (Lipinski definition) is 1. The fraction of sp³-hybridized carbons (Fsp3) is 0.800. The van der Waals surface area contributed by atoms with Crippen LogP contribution in [0.1, 0.15) is 20.8 Å². The summed E-state index contributed by atoms with van der Waals surface area (Å²) >= 11 is 0. The van der Waals surface area contributed by atoms with Crippen LogP contribution in [0, 0.1) is 5.92 Å². The fourth-order valence-electron chi connectivity index (χ4n) is 1.12. The van der Waals surface area contributed by atoms with Crippen LogP contribution in [0.2, 0.25) is 0 Å². The number of esters is 1. The first kappa shape index (κ1) is 18.5. The lowest BCUT2D eigenvalue weighted by Gasteiger charge is -2.29. The third-order valence-corrected chi connectivity index (χ3v) is 2.29. The Morgan fingerprint density at radius 2 is 1.45 bits per heavy atom. The maximum absolute atomic E-state index is 13.2. The summed E-state index contributed by atoms with van der Waals surface area (Å²) in [5, 5.41) is 8.26. The predicted octanol–water partition coefficient (Wildman–Crippen LogP) is 2.56. The van der Waals surface area contributed by atoms with Crippen molar-refractivity contribution in [2.45, 2.75) is 44.6 Å². The molecule has 0 bridgehead atoms. The molecule has 0 aliphatic carbocycles. The van der Waals surface area contributed by atoms with Crippen molar-refractivity contribution in [1.82, 2.24) is 0 Å². The summed E-state index contributed by atoms with van der Waals surface area (Å²) in [6.45, 7) is 1.61. The van der Waals surface area contributed by atoms with Crippen LogP contribution in [0.15, 0.2) is 0 Å². The van der Waals surface area contributed by atoms with E-state index in [1.165, 1.54) is 0 Å². The van der Waals surface area contributed by atoms with Crippen LogP contribution in [0.4, 0.5) is 26.3 Å². The highest BCUT2D eigenvalue weighted by molar-refractivity contribution is 5.81. The van der Waals surface area contributed by atoms with Gasteiger partial charge >= 0.3 is 29.7 Å². The van der Waals surface area contributed by atoms with Gasteiger partial charge in [-0.15, -0.1) is 0 Å². The number of alkyl halides is 6. The second-order valence-electron chi connectivity index (χ2n) is 4.46. The fourth-order valence-corrected chi connectivity index (χ4v) is 1.12. The minimum Gasteiger partial charge on any atom is -0.477 e. The van der Waals surface area contributed by atoms with E-state index >= 15 is 0 Å². The van der Waals surface area contributed by atoms with Crippen molar-refractivity contribution in [3.05, 3.63) is 0 Å². The average molecular weight is 310 g/mol. The molecular weight excluding hydrogens is 298 g/mol. The van der Waals surface area contributed by atoms with Gasteiger partial charge in [0.15, 0.2) is 6.10 Å². The molecule has 0 aromatic rings. The van der Waals surface area contributed by atoms with Crippen LogP contribution in [0.5, 0.6) is 0 Å². The van der Waals surface area contributed by atoms with Crippen molar-refractivity contribution in [2.24, 2.45) is 5.92 Å². The van der Waals surface area contributed by atoms with E-state index in [0.29, 0.717) is 0 Å². The lowest BCUT2D eigenvalue weighted by molar-refractivity contribution is -0.240. The van der Waals surface area contributed by atoms with Crippen LogP contribution < -0.4 is 0 Å². The van der Waals surface area contributed by atoms with E-state index in [0.717, 1.165) is 13.8 Å². The molecule has 4 nitrogen and oxygen atoms in total. The number of hydrogen-bond acceptors (Lipinski definition) is 3. The van der Waals surface area contributed by atoms with E-state index in [2.05, 4.69) is 4.74 Å². The molecule has 1 unspecified atom stereocenters. The topological polar surface area (TPSA) is 63.6 Å². The third kappa shape index (κ3) is 3.54. The molecule has 0 aromatic heterocycles. The van der Waals surface area contributed by atoms with Gasteiger partial charge in [-0.25, -0.2) is 9.59 Å². The number of aliphatic carboxylic acids is 1. The first-order valence-corrected chi connectivity index (χ1v) is 5.23. The van der Waals surface area contributed by atoms with Gasteiger partial charge in [0.2, 0.25) is 0 Å². The Balaban J connectivity index is 5.34. The summed E-state index contributed by atoms with van der Waals surface area (Å²) in [6.07, 6.45) is -2.80. The molecule has 0 radical (unpaired) electrons. The zero-order valence-corrected chi connectivity index (χ0v) is 10.6. The first-order valence-electron chi connectivity index (χ1n) is 5.23. The Hall–Kier alpha value is -1.48. The molecule has 0 saturated carbocycles. The van der Waals surface area contributed by atoms with Gasteiger partial charge in [-0.2, -0.15) is 26.3 Å². The Kier molecular flexibility index (Phi) is 5.08. The van der Waals surface area contributed by atoms with E-state index in [9.17, 15) is 35.9 Å². The van der Waals surface area contributed by atoms with Crippen LogP contribution in [0.25, 0.3) is 0 Å². The van der Waals surface area contributed by atoms with Crippen LogP contribution in [-0.4, -0.2) is 40.9 Å². The van der Waals surface area contributed by atoms with E-state index in [1.54, 1.807) is 0 Å². The van der Waals surface area contributed by atoms with Gasteiger partial charge in [0, 0.05) is 6.92 Å². The average Bonchev–Trinajstić information content (AvgIpc) is 2.22. The highest BCUT2D eigenvalue weighted by atomic mass is 19.3. The van der Waals surface area contributed by atoms with E-state index in [1.807, 2.05) is 0 Å². The Labute approximate surface area is 109 Å². The summed E-state index contributed by atoms with van der Waals surface area (Å²) in [5.74, 6) is -21.9. The van der Waals surface area contributed by atoms with Gasteiger partial charge in [0.05, 0.1) is 0 Å². The Bertz CT molecular complexity index is 388. The summed E-state index contributed by atoms with van der Waals surface area (Å²) < 4.78 is 80.9. The molecule has 1 atom stereocenters. The van der Waals surface area contributed by atoms with Crippen molar-refractivity contribution in [3.8, 4) is 0 Å². The molecule has 20 heavy (non-hydrogen) atoms. The number of ether oxygens (including phenoxy) is 1. The van der Waals surface area contributed by atoms with Crippen LogP contribution in [-0.2, 0) is 14.3 Å². The molecule has 0 amide bonds. The predicted molar refractivity (Wildman–Crippen MR) is 52.9 cm³/mol. The minimum absolute atomic E-state index is 0.298. The second-order valence-corrected chi connectivity index (χ2v) is 4.46. The minimum atomic E-state index is -5.35. The molecule has 0 aliphatic rings. The highest BCUT2D eigenvalue weighted by Crippen LogP contribution is 2.37. The van der Waals surface area contributed by atoms with E-state index in [-0.39, 0.29) is 6.92 Å². The lowest BCUT2D eigenvalue weighted by Crippen LogP contribution is -2.52. The lowest BCUT2D eigenvalue weighted by atomic mass is 10.0. The maximum Gasteiger partial charge on any atom is 0.404 e. The molecule has 0 heterocycles. The van der Waals surface area contributed by atoms with Crippen molar-refractivity contribution < 1.29 is 45.8 Å². The molecular formula is C10H12F6O4.